The van der Waals surface area contributed by atoms with Crippen molar-refractivity contribution < 1.29 is 4.74 Å². The topological polar surface area (TPSA) is 35.0 Å². The number of nitrogens with zero attached hydrogens (tertiary/aromatic N) is 2. The molecule has 0 unspecified atom stereocenters. The smallest absolute Gasteiger partial charge is 0.221 e. The molecule has 0 N–H and O–H groups in total. The molecule has 108 valence electrons. The van der Waals surface area contributed by atoms with Gasteiger partial charge in [-0.25, -0.2) is 4.98 Å². The van der Waals surface area contributed by atoms with Crippen molar-refractivity contribution in [1.82, 2.24) is 9.97 Å². The first-order valence-corrected chi connectivity index (χ1v) is 7.06. The van der Waals surface area contributed by atoms with E-state index < -0.39 is 0 Å². The molecule has 1 heterocycles. The first kappa shape index (κ1) is 16.2. The highest BCUT2D eigenvalue weighted by atomic mass is 35.5. The van der Waals surface area contributed by atoms with E-state index in [0.717, 1.165) is 12.0 Å². The van der Waals surface area contributed by atoms with Gasteiger partial charge < -0.3 is 4.74 Å². The monoisotopic (exact) mass is 284 g/mol. The van der Waals surface area contributed by atoms with Crippen molar-refractivity contribution in [3.63, 3.8) is 0 Å². The van der Waals surface area contributed by atoms with Crippen molar-refractivity contribution in [2.45, 2.75) is 60.3 Å². The van der Waals surface area contributed by atoms with E-state index >= 15 is 0 Å². The van der Waals surface area contributed by atoms with Gasteiger partial charge >= 0.3 is 0 Å². The third kappa shape index (κ3) is 4.98. The maximum absolute atomic E-state index is 6.16. The van der Waals surface area contributed by atoms with Crippen LogP contribution in [0, 0.1) is 12.3 Å². The molecule has 0 saturated carbocycles. The van der Waals surface area contributed by atoms with E-state index in [1.165, 1.54) is 0 Å². The van der Waals surface area contributed by atoms with Crippen molar-refractivity contribution in [3.05, 3.63) is 16.5 Å². The quantitative estimate of drug-likeness (QED) is 0.764. The number of ether oxygens (including phenoxy) is 1. The van der Waals surface area contributed by atoms with Crippen LogP contribution in [0.1, 0.15) is 59.4 Å². The maximum Gasteiger partial charge on any atom is 0.221 e. The van der Waals surface area contributed by atoms with E-state index in [0.29, 0.717) is 23.5 Å². The van der Waals surface area contributed by atoms with Crippen molar-refractivity contribution in [2.24, 2.45) is 5.41 Å². The summed E-state index contributed by atoms with van der Waals surface area (Å²) in [5.41, 5.74) is 0.917. The first-order valence-electron chi connectivity index (χ1n) is 6.68. The molecule has 4 heteroatoms. The predicted molar refractivity (Wildman–Crippen MR) is 80.0 cm³/mol. The van der Waals surface area contributed by atoms with Gasteiger partial charge in [-0.1, -0.05) is 53.1 Å². The summed E-state index contributed by atoms with van der Waals surface area (Å²) in [5.74, 6) is 1.32. The number of halogens is 1. The molecule has 0 aliphatic rings. The van der Waals surface area contributed by atoms with Gasteiger partial charge in [0.25, 0.3) is 0 Å². The van der Waals surface area contributed by atoms with Crippen LogP contribution < -0.4 is 4.74 Å². The van der Waals surface area contributed by atoms with Gasteiger partial charge in [0.2, 0.25) is 5.88 Å². The molecule has 0 atom stereocenters. The number of aromatic nitrogens is 2. The molecule has 0 saturated heterocycles. The lowest BCUT2D eigenvalue weighted by Gasteiger charge is -2.21. The van der Waals surface area contributed by atoms with E-state index in [1.807, 2.05) is 6.92 Å². The van der Waals surface area contributed by atoms with Gasteiger partial charge in [0, 0.05) is 11.0 Å². The summed E-state index contributed by atoms with van der Waals surface area (Å²) in [6.45, 7) is 15.3. The Morgan fingerprint density at radius 1 is 1.05 bits per heavy atom. The molecule has 1 rings (SSSR count). The Hall–Kier alpha value is -0.830. The van der Waals surface area contributed by atoms with Crippen molar-refractivity contribution >= 4 is 11.6 Å². The first-order chi connectivity index (χ1) is 8.50. The lowest BCUT2D eigenvalue weighted by molar-refractivity contribution is 0.233. The predicted octanol–water partition coefficient (Wildman–Crippen LogP) is 4.55. The maximum atomic E-state index is 6.16. The molecule has 1 aromatic rings. The SMILES string of the molecule is Cc1c(Cl)nc(C(C)(C)C)nc1OCCC(C)(C)C. The Bertz CT molecular complexity index is 445. The van der Waals surface area contributed by atoms with Gasteiger partial charge in [-0.05, 0) is 18.8 Å². The van der Waals surface area contributed by atoms with E-state index in [2.05, 4.69) is 51.5 Å². The average molecular weight is 285 g/mol. The zero-order valence-corrected chi connectivity index (χ0v) is 13.9. The molecule has 19 heavy (non-hydrogen) atoms. The molecular weight excluding hydrogens is 260 g/mol. The minimum Gasteiger partial charge on any atom is -0.477 e. The Morgan fingerprint density at radius 3 is 2.11 bits per heavy atom. The molecule has 1 aromatic heterocycles. The summed E-state index contributed by atoms with van der Waals surface area (Å²) in [6.07, 6.45) is 0.971. The molecule has 0 amide bonds. The van der Waals surface area contributed by atoms with Gasteiger partial charge in [0.15, 0.2) is 0 Å². The van der Waals surface area contributed by atoms with Gasteiger partial charge in [-0.2, -0.15) is 4.98 Å². The summed E-state index contributed by atoms with van der Waals surface area (Å²) in [7, 11) is 0. The molecule has 0 radical (unpaired) electrons. The van der Waals surface area contributed by atoms with Crippen LogP contribution in [0.2, 0.25) is 5.15 Å². The second kappa shape index (κ2) is 5.66. The van der Waals surface area contributed by atoms with E-state index in [1.54, 1.807) is 0 Å². The largest absolute Gasteiger partial charge is 0.477 e. The average Bonchev–Trinajstić information content (AvgIpc) is 2.20. The lowest BCUT2D eigenvalue weighted by atomic mass is 9.93. The second-order valence-electron chi connectivity index (χ2n) is 7.18. The van der Waals surface area contributed by atoms with Gasteiger partial charge in [0.1, 0.15) is 11.0 Å². The highest BCUT2D eigenvalue weighted by molar-refractivity contribution is 6.30. The molecule has 0 spiro atoms. The highest BCUT2D eigenvalue weighted by Crippen LogP contribution is 2.28. The van der Waals surface area contributed by atoms with E-state index in [9.17, 15) is 0 Å². The van der Waals surface area contributed by atoms with E-state index in [-0.39, 0.29) is 10.8 Å². The number of rotatable bonds is 3. The normalized spacial score (nSPS) is 12.6. The fourth-order valence-corrected chi connectivity index (χ4v) is 1.56. The lowest BCUT2D eigenvalue weighted by Crippen LogP contribution is -2.18. The summed E-state index contributed by atoms with van der Waals surface area (Å²) in [4.78, 5) is 8.84. The Morgan fingerprint density at radius 2 is 1.63 bits per heavy atom. The summed E-state index contributed by atoms with van der Waals surface area (Å²) in [6, 6.07) is 0. The summed E-state index contributed by atoms with van der Waals surface area (Å²) < 4.78 is 5.79. The third-order valence-corrected chi connectivity index (χ3v) is 3.17. The standard InChI is InChI=1S/C15H25ClN2O/c1-10-11(16)17-13(15(5,6)7)18-12(10)19-9-8-14(2,3)4/h8-9H2,1-7H3. The van der Waals surface area contributed by atoms with Crippen LogP contribution in [0.25, 0.3) is 0 Å². The Balaban J connectivity index is 2.91. The van der Waals surface area contributed by atoms with Gasteiger partial charge in [-0.15, -0.1) is 0 Å². The molecule has 0 bridgehead atoms. The van der Waals surface area contributed by atoms with E-state index in [4.69, 9.17) is 16.3 Å². The zero-order chi connectivity index (χ0) is 14.8. The van der Waals surface area contributed by atoms with Crippen LogP contribution in [0.3, 0.4) is 0 Å². The third-order valence-electron chi connectivity index (χ3n) is 2.80. The molecule has 0 aliphatic carbocycles. The van der Waals surface area contributed by atoms with Crippen molar-refractivity contribution in [3.8, 4) is 5.88 Å². The van der Waals surface area contributed by atoms with Crippen LogP contribution in [0.15, 0.2) is 0 Å². The fourth-order valence-electron chi connectivity index (χ4n) is 1.40. The van der Waals surface area contributed by atoms with Crippen LogP contribution in [0.5, 0.6) is 5.88 Å². The minimum atomic E-state index is -0.139. The van der Waals surface area contributed by atoms with Gasteiger partial charge in [-0.3, -0.25) is 0 Å². The molecule has 0 fully saturated rings. The highest BCUT2D eigenvalue weighted by Gasteiger charge is 2.21. The van der Waals surface area contributed by atoms with Crippen LogP contribution >= 0.6 is 11.6 Å². The van der Waals surface area contributed by atoms with Crippen LogP contribution in [-0.4, -0.2) is 16.6 Å². The fraction of sp³-hybridized carbons (Fsp3) is 0.733. The zero-order valence-electron chi connectivity index (χ0n) is 13.1. The molecule has 3 nitrogen and oxygen atoms in total. The van der Waals surface area contributed by atoms with Crippen molar-refractivity contribution in [2.75, 3.05) is 6.61 Å². The number of hydrogen-bond acceptors (Lipinski definition) is 3. The molecule has 0 aliphatic heterocycles. The minimum absolute atomic E-state index is 0.139. The summed E-state index contributed by atoms with van der Waals surface area (Å²) in [5, 5.41) is 0.477. The van der Waals surface area contributed by atoms with Crippen LogP contribution in [0.4, 0.5) is 0 Å². The Kier molecular flexibility index (Phi) is 4.83. The summed E-state index contributed by atoms with van der Waals surface area (Å²) >= 11 is 6.16. The molecular formula is C15H25ClN2O. The van der Waals surface area contributed by atoms with Crippen molar-refractivity contribution in [1.29, 1.82) is 0 Å². The number of hydrogen-bond donors (Lipinski definition) is 0. The second-order valence-corrected chi connectivity index (χ2v) is 7.54. The van der Waals surface area contributed by atoms with Gasteiger partial charge in [0.05, 0.1) is 6.61 Å². The molecule has 0 aromatic carbocycles. The Labute approximate surface area is 121 Å². The van der Waals surface area contributed by atoms with Crippen LogP contribution in [-0.2, 0) is 5.41 Å².